The van der Waals surface area contributed by atoms with Crippen LogP contribution >= 0.6 is 22.6 Å². The van der Waals surface area contributed by atoms with Crippen molar-refractivity contribution in [3.05, 3.63) is 58.4 Å². The smallest absolute Gasteiger partial charge is 0.225 e. The van der Waals surface area contributed by atoms with Crippen molar-refractivity contribution in [3.8, 4) is 11.3 Å². The SMILES string of the molecule is Ic1ccccc1Nc1cc(-c2ccncc2)nc(NC2CCCCC2)n1. The molecule has 2 N–H and O–H groups in total. The first-order valence-corrected chi connectivity index (χ1v) is 10.4. The number of para-hydroxylation sites is 1. The van der Waals surface area contributed by atoms with E-state index in [1.54, 1.807) is 12.4 Å². The molecule has 2 heterocycles. The standard InChI is InChI=1S/C21H22IN5/c22-17-8-4-5-9-18(17)25-20-14-19(15-10-12-23-13-11-15)26-21(27-20)24-16-6-2-1-3-7-16/h4-5,8-14,16H,1-3,6-7H2,(H2,24,25,26,27). The van der Waals surface area contributed by atoms with E-state index < -0.39 is 0 Å². The Morgan fingerprint density at radius 2 is 1.70 bits per heavy atom. The Hall–Kier alpha value is -2.22. The van der Waals surface area contributed by atoms with Crippen molar-refractivity contribution in [2.24, 2.45) is 0 Å². The zero-order valence-corrected chi connectivity index (χ0v) is 17.2. The second-order valence-electron chi connectivity index (χ2n) is 6.78. The first-order valence-electron chi connectivity index (χ1n) is 9.35. The molecule has 0 spiro atoms. The third-order valence-electron chi connectivity index (χ3n) is 4.78. The lowest BCUT2D eigenvalue weighted by Gasteiger charge is -2.23. The highest BCUT2D eigenvalue weighted by Gasteiger charge is 2.16. The number of hydrogen-bond acceptors (Lipinski definition) is 5. The lowest BCUT2D eigenvalue weighted by molar-refractivity contribution is 0.461. The highest BCUT2D eigenvalue weighted by atomic mass is 127. The van der Waals surface area contributed by atoms with Crippen LogP contribution in [-0.4, -0.2) is 21.0 Å². The molecule has 5 nitrogen and oxygen atoms in total. The molecule has 0 aliphatic heterocycles. The molecule has 0 amide bonds. The summed E-state index contributed by atoms with van der Waals surface area (Å²) in [5.74, 6) is 1.48. The Bertz CT molecular complexity index is 894. The van der Waals surface area contributed by atoms with Gasteiger partial charge in [-0.25, -0.2) is 4.98 Å². The molecule has 1 aliphatic carbocycles. The minimum atomic E-state index is 0.455. The molecule has 0 saturated heterocycles. The van der Waals surface area contributed by atoms with Gasteiger partial charge in [0, 0.05) is 33.6 Å². The summed E-state index contributed by atoms with van der Waals surface area (Å²) < 4.78 is 1.15. The van der Waals surface area contributed by atoms with Crippen LogP contribution < -0.4 is 10.6 Å². The van der Waals surface area contributed by atoms with E-state index in [9.17, 15) is 0 Å². The molecule has 3 aromatic rings. The fraction of sp³-hybridized carbons (Fsp3) is 0.286. The third kappa shape index (κ3) is 4.74. The predicted octanol–water partition coefficient (Wildman–Crippen LogP) is 5.63. The van der Waals surface area contributed by atoms with Gasteiger partial charge in [0.25, 0.3) is 0 Å². The van der Waals surface area contributed by atoms with Gasteiger partial charge in [0.15, 0.2) is 0 Å². The molecule has 27 heavy (non-hydrogen) atoms. The fourth-order valence-electron chi connectivity index (χ4n) is 3.38. The molecular formula is C21H22IN5. The summed E-state index contributed by atoms with van der Waals surface area (Å²) in [5, 5.41) is 7.00. The van der Waals surface area contributed by atoms with Gasteiger partial charge in [-0.1, -0.05) is 31.4 Å². The number of nitrogens with zero attached hydrogens (tertiary/aromatic N) is 3. The maximum atomic E-state index is 4.77. The van der Waals surface area contributed by atoms with Crippen LogP contribution in [0.2, 0.25) is 0 Å². The minimum absolute atomic E-state index is 0.455. The number of nitrogens with one attached hydrogen (secondary N) is 2. The molecule has 0 unspecified atom stereocenters. The fourth-order valence-corrected chi connectivity index (χ4v) is 3.90. The van der Waals surface area contributed by atoms with Gasteiger partial charge in [-0.05, 0) is 59.7 Å². The van der Waals surface area contributed by atoms with Crippen molar-refractivity contribution >= 4 is 40.0 Å². The van der Waals surface area contributed by atoms with Crippen LogP contribution in [0.5, 0.6) is 0 Å². The maximum absolute atomic E-state index is 4.77. The summed E-state index contributed by atoms with van der Waals surface area (Å²) in [6.07, 6.45) is 9.82. The van der Waals surface area contributed by atoms with Crippen LogP contribution in [0.25, 0.3) is 11.3 Å². The molecule has 1 saturated carbocycles. The van der Waals surface area contributed by atoms with Gasteiger partial charge in [-0.15, -0.1) is 0 Å². The Morgan fingerprint density at radius 1 is 0.926 bits per heavy atom. The average Bonchev–Trinajstić information content (AvgIpc) is 2.71. The van der Waals surface area contributed by atoms with E-state index in [0.29, 0.717) is 12.0 Å². The van der Waals surface area contributed by atoms with Crippen LogP contribution in [0, 0.1) is 3.57 Å². The molecule has 1 fully saturated rings. The predicted molar refractivity (Wildman–Crippen MR) is 118 cm³/mol. The quantitative estimate of drug-likeness (QED) is 0.473. The second kappa shape index (κ2) is 8.65. The summed E-state index contributed by atoms with van der Waals surface area (Å²) in [4.78, 5) is 13.6. The van der Waals surface area contributed by atoms with E-state index in [1.165, 1.54) is 32.1 Å². The van der Waals surface area contributed by atoms with E-state index in [2.05, 4.69) is 50.3 Å². The Labute approximate surface area is 173 Å². The molecule has 4 rings (SSSR count). The summed E-state index contributed by atoms with van der Waals surface area (Å²) in [6, 6.07) is 14.6. The maximum Gasteiger partial charge on any atom is 0.225 e. The topological polar surface area (TPSA) is 62.7 Å². The van der Waals surface area contributed by atoms with Gasteiger partial charge < -0.3 is 10.6 Å². The third-order valence-corrected chi connectivity index (χ3v) is 5.72. The van der Waals surface area contributed by atoms with E-state index in [1.807, 2.05) is 30.3 Å². The van der Waals surface area contributed by atoms with Gasteiger partial charge >= 0.3 is 0 Å². The van der Waals surface area contributed by atoms with Crippen molar-refractivity contribution in [2.75, 3.05) is 10.6 Å². The number of anilines is 3. The molecule has 1 aromatic carbocycles. The van der Waals surface area contributed by atoms with Crippen molar-refractivity contribution < 1.29 is 0 Å². The largest absolute Gasteiger partial charge is 0.351 e. The molecule has 0 bridgehead atoms. The number of aromatic nitrogens is 3. The zero-order chi connectivity index (χ0) is 18.5. The normalized spacial score (nSPS) is 14.7. The van der Waals surface area contributed by atoms with Gasteiger partial charge in [0.05, 0.1) is 11.4 Å². The van der Waals surface area contributed by atoms with Crippen LogP contribution in [0.4, 0.5) is 17.5 Å². The summed E-state index contributed by atoms with van der Waals surface area (Å²) >= 11 is 2.33. The van der Waals surface area contributed by atoms with E-state index in [4.69, 9.17) is 9.97 Å². The number of halogens is 1. The monoisotopic (exact) mass is 471 g/mol. The Morgan fingerprint density at radius 3 is 2.48 bits per heavy atom. The Kier molecular flexibility index (Phi) is 5.81. The molecule has 2 aromatic heterocycles. The summed E-state index contributed by atoms with van der Waals surface area (Å²) in [7, 11) is 0. The number of hydrogen-bond donors (Lipinski definition) is 2. The van der Waals surface area contributed by atoms with Gasteiger partial charge in [-0.3, -0.25) is 4.98 Å². The number of pyridine rings is 1. The lowest BCUT2D eigenvalue weighted by atomic mass is 9.96. The van der Waals surface area contributed by atoms with Gasteiger partial charge in [-0.2, -0.15) is 4.98 Å². The van der Waals surface area contributed by atoms with E-state index >= 15 is 0 Å². The highest BCUT2D eigenvalue weighted by molar-refractivity contribution is 14.1. The Balaban J connectivity index is 1.66. The van der Waals surface area contributed by atoms with Crippen LogP contribution in [-0.2, 0) is 0 Å². The molecule has 6 heteroatoms. The average molecular weight is 471 g/mol. The van der Waals surface area contributed by atoms with E-state index in [-0.39, 0.29) is 0 Å². The first-order chi connectivity index (χ1) is 13.3. The number of benzene rings is 1. The van der Waals surface area contributed by atoms with Crippen molar-refractivity contribution in [1.29, 1.82) is 0 Å². The minimum Gasteiger partial charge on any atom is -0.351 e. The molecular weight excluding hydrogens is 449 g/mol. The lowest BCUT2D eigenvalue weighted by Crippen LogP contribution is -2.23. The summed E-state index contributed by atoms with van der Waals surface area (Å²) in [6.45, 7) is 0. The summed E-state index contributed by atoms with van der Waals surface area (Å²) in [5.41, 5.74) is 2.96. The van der Waals surface area contributed by atoms with Gasteiger partial charge in [0.1, 0.15) is 5.82 Å². The second-order valence-corrected chi connectivity index (χ2v) is 7.94. The van der Waals surface area contributed by atoms with Crippen LogP contribution in [0.3, 0.4) is 0 Å². The zero-order valence-electron chi connectivity index (χ0n) is 15.0. The van der Waals surface area contributed by atoms with Gasteiger partial charge in [0.2, 0.25) is 5.95 Å². The van der Waals surface area contributed by atoms with Crippen molar-refractivity contribution in [1.82, 2.24) is 15.0 Å². The molecule has 1 aliphatic rings. The number of rotatable bonds is 5. The first kappa shape index (κ1) is 18.2. The molecule has 0 radical (unpaired) electrons. The van der Waals surface area contributed by atoms with Crippen molar-refractivity contribution in [2.45, 2.75) is 38.1 Å². The molecule has 138 valence electrons. The van der Waals surface area contributed by atoms with Crippen LogP contribution in [0.1, 0.15) is 32.1 Å². The van der Waals surface area contributed by atoms with Crippen molar-refractivity contribution in [3.63, 3.8) is 0 Å². The van der Waals surface area contributed by atoms with Crippen LogP contribution in [0.15, 0.2) is 54.9 Å². The molecule has 0 atom stereocenters. The van der Waals surface area contributed by atoms with E-state index in [0.717, 1.165) is 26.3 Å². The highest BCUT2D eigenvalue weighted by Crippen LogP contribution is 2.27.